The highest BCUT2D eigenvalue weighted by Crippen LogP contribution is 2.21. The van der Waals surface area contributed by atoms with Gasteiger partial charge in [-0.15, -0.1) is 11.6 Å². The van der Waals surface area contributed by atoms with E-state index in [1.807, 2.05) is 26.0 Å². The predicted octanol–water partition coefficient (Wildman–Crippen LogP) is 4.10. The van der Waals surface area contributed by atoms with Crippen LogP contribution in [-0.2, 0) is 6.54 Å². The van der Waals surface area contributed by atoms with Gasteiger partial charge < -0.3 is 5.32 Å². The van der Waals surface area contributed by atoms with Gasteiger partial charge in [-0.3, -0.25) is 0 Å². The Bertz CT molecular complexity index is 337. The topological polar surface area (TPSA) is 12.0 Å². The molecular formula is C11H14Cl3N. The van der Waals surface area contributed by atoms with E-state index in [1.54, 1.807) is 6.07 Å². The molecule has 0 aliphatic heterocycles. The number of benzene rings is 1. The van der Waals surface area contributed by atoms with Crippen LogP contribution in [0.3, 0.4) is 0 Å². The Balaban J connectivity index is 2.66. The molecule has 0 fully saturated rings. The van der Waals surface area contributed by atoms with Crippen LogP contribution >= 0.6 is 34.8 Å². The van der Waals surface area contributed by atoms with Crippen molar-refractivity contribution in [3.8, 4) is 0 Å². The first-order chi connectivity index (χ1) is 6.94. The van der Waals surface area contributed by atoms with Gasteiger partial charge >= 0.3 is 0 Å². The third-order valence-electron chi connectivity index (χ3n) is 2.11. The van der Waals surface area contributed by atoms with Crippen molar-refractivity contribution in [3.05, 3.63) is 33.8 Å². The van der Waals surface area contributed by atoms with E-state index in [2.05, 4.69) is 5.32 Å². The molecule has 1 aromatic rings. The monoisotopic (exact) mass is 265 g/mol. The van der Waals surface area contributed by atoms with Crippen LogP contribution in [0.15, 0.2) is 18.2 Å². The van der Waals surface area contributed by atoms with E-state index < -0.39 is 0 Å². The lowest BCUT2D eigenvalue weighted by Crippen LogP contribution is -2.40. The summed E-state index contributed by atoms with van der Waals surface area (Å²) in [4.78, 5) is 0. The molecule has 0 amide bonds. The third-order valence-corrected chi connectivity index (χ3v) is 3.36. The maximum absolute atomic E-state index is 6.04. The van der Waals surface area contributed by atoms with Crippen molar-refractivity contribution in [2.75, 3.05) is 5.88 Å². The van der Waals surface area contributed by atoms with Crippen molar-refractivity contribution in [3.63, 3.8) is 0 Å². The molecule has 1 rings (SSSR count). The number of halogens is 3. The molecule has 0 radical (unpaired) electrons. The summed E-state index contributed by atoms with van der Waals surface area (Å²) in [6.07, 6.45) is 0. The van der Waals surface area contributed by atoms with Gasteiger partial charge in [0.2, 0.25) is 0 Å². The standard InChI is InChI=1S/C11H14Cl3N/c1-11(2,7-12)15-6-8-3-4-9(13)5-10(8)14/h3-5,15H,6-7H2,1-2H3. The lowest BCUT2D eigenvalue weighted by molar-refractivity contribution is 0.429. The van der Waals surface area contributed by atoms with Crippen LogP contribution in [-0.4, -0.2) is 11.4 Å². The molecule has 0 unspecified atom stereocenters. The van der Waals surface area contributed by atoms with E-state index >= 15 is 0 Å². The van der Waals surface area contributed by atoms with Crippen molar-refractivity contribution >= 4 is 34.8 Å². The summed E-state index contributed by atoms with van der Waals surface area (Å²) in [6, 6.07) is 5.49. The molecule has 0 heterocycles. The van der Waals surface area contributed by atoms with E-state index in [0.29, 0.717) is 22.5 Å². The summed E-state index contributed by atoms with van der Waals surface area (Å²) in [5, 5.41) is 4.66. The Hall–Kier alpha value is 0.0500. The van der Waals surface area contributed by atoms with Gasteiger partial charge in [0.15, 0.2) is 0 Å². The maximum atomic E-state index is 6.04. The quantitative estimate of drug-likeness (QED) is 0.809. The first kappa shape index (κ1) is 13.1. The highest BCUT2D eigenvalue weighted by Gasteiger charge is 2.15. The lowest BCUT2D eigenvalue weighted by Gasteiger charge is -2.23. The predicted molar refractivity (Wildman–Crippen MR) is 68.1 cm³/mol. The van der Waals surface area contributed by atoms with Gasteiger partial charge in [-0.05, 0) is 31.5 Å². The van der Waals surface area contributed by atoms with Gasteiger partial charge in [-0.1, -0.05) is 29.3 Å². The second-order valence-electron chi connectivity index (χ2n) is 4.11. The fourth-order valence-corrected chi connectivity index (χ4v) is 1.62. The van der Waals surface area contributed by atoms with Crippen LogP contribution in [0.5, 0.6) is 0 Å². The molecule has 0 aliphatic rings. The van der Waals surface area contributed by atoms with Crippen molar-refractivity contribution in [1.82, 2.24) is 5.32 Å². The zero-order valence-corrected chi connectivity index (χ0v) is 11.0. The molecule has 15 heavy (non-hydrogen) atoms. The van der Waals surface area contributed by atoms with Gasteiger partial charge in [0.1, 0.15) is 0 Å². The van der Waals surface area contributed by atoms with E-state index in [-0.39, 0.29) is 5.54 Å². The maximum Gasteiger partial charge on any atom is 0.0465 e. The summed E-state index contributed by atoms with van der Waals surface area (Å²) in [5.41, 5.74) is 0.934. The summed E-state index contributed by atoms with van der Waals surface area (Å²) in [5.74, 6) is 0.554. The van der Waals surface area contributed by atoms with Gasteiger partial charge in [0, 0.05) is 28.0 Å². The van der Waals surface area contributed by atoms with Gasteiger partial charge in [-0.2, -0.15) is 0 Å². The van der Waals surface area contributed by atoms with Crippen LogP contribution in [0.1, 0.15) is 19.4 Å². The Morgan fingerprint density at radius 1 is 1.27 bits per heavy atom. The van der Waals surface area contributed by atoms with Crippen LogP contribution in [0.25, 0.3) is 0 Å². The molecule has 84 valence electrons. The Morgan fingerprint density at radius 3 is 2.47 bits per heavy atom. The lowest BCUT2D eigenvalue weighted by atomic mass is 10.1. The Kier molecular flexibility index (Phi) is 4.72. The smallest absolute Gasteiger partial charge is 0.0465 e. The largest absolute Gasteiger partial charge is 0.306 e. The molecule has 4 heteroatoms. The molecule has 1 aromatic carbocycles. The number of hydrogen-bond donors (Lipinski definition) is 1. The fourth-order valence-electron chi connectivity index (χ4n) is 1.05. The van der Waals surface area contributed by atoms with Gasteiger partial charge in [-0.25, -0.2) is 0 Å². The Labute approximate surface area is 106 Å². The zero-order valence-electron chi connectivity index (χ0n) is 8.78. The Morgan fingerprint density at radius 2 is 1.93 bits per heavy atom. The molecule has 1 N–H and O–H groups in total. The second-order valence-corrected chi connectivity index (χ2v) is 5.22. The van der Waals surface area contributed by atoms with Crippen molar-refractivity contribution < 1.29 is 0 Å². The van der Waals surface area contributed by atoms with Crippen LogP contribution in [0.2, 0.25) is 10.0 Å². The van der Waals surface area contributed by atoms with E-state index in [4.69, 9.17) is 34.8 Å². The van der Waals surface area contributed by atoms with Crippen molar-refractivity contribution in [2.45, 2.75) is 25.9 Å². The summed E-state index contributed by atoms with van der Waals surface area (Å²) in [7, 11) is 0. The highest BCUT2D eigenvalue weighted by atomic mass is 35.5. The van der Waals surface area contributed by atoms with E-state index in [9.17, 15) is 0 Å². The molecule has 0 spiro atoms. The van der Waals surface area contributed by atoms with Gasteiger partial charge in [0.25, 0.3) is 0 Å². The molecule has 0 saturated carbocycles. The number of alkyl halides is 1. The number of hydrogen-bond acceptors (Lipinski definition) is 1. The van der Waals surface area contributed by atoms with E-state index in [0.717, 1.165) is 5.56 Å². The average molecular weight is 267 g/mol. The van der Waals surface area contributed by atoms with Gasteiger partial charge in [0.05, 0.1) is 0 Å². The molecule has 0 aliphatic carbocycles. The fraction of sp³-hybridized carbons (Fsp3) is 0.455. The second kappa shape index (κ2) is 5.40. The molecule has 1 nitrogen and oxygen atoms in total. The molecule has 0 bridgehead atoms. The number of rotatable bonds is 4. The summed E-state index contributed by atoms with van der Waals surface area (Å²) >= 11 is 17.7. The van der Waals surface area contributed by atoms with Crippen molar-refractivity contribution in [2.24, 2.45) is 0 Å². The van der Waals surface area contributed by atoms with Crippen LogP contribution < -0.4 is 5.32 Å². The third kappa shape index (κ3) is 4.20. The summed E-state index contributed by atoms with van der Waals surface area (Å²) in [6.45, 7) is 4.78. The van der Waals surface area contributed by atoms with Crippen LogP contribution in [0, 0.1) is 0 Å². The minimum Gasteiger partial charge on any atom is -0.306 e. The first-order valence-corrected chi connectivity index (χ1v) is 5.98. The molecule has 0 saturated heterocycles. The average Bonchev–Trinajstić information content (AvgIpc) is 2.16. The molecular weight excluding hydrogens is 252 g/mol. The highest BCUT2D eigenvalue weighted by molar-refractivity contribution is 6.35. The SMILES string of the molecule is CC(C)(CCl)NCc1ccc(Cl)cc1Cl. The normalized spacial score (nSPS) is 11.8. The summed E-state index contributed by atoms with van der Waals surface area (Å²) < 4.78 is 0. The van der Waals surface area contributed by atoms with E-state index in [1.165, 1.54) is 0 Å². The molecule has 0 aromatic heterocycles. The van der Waals surface area contributed by atoms with Crippen LogP contribution in [0.4, 0.5) is 0 Å². The minimum atomic E-state index is -0.0927. The zero-order chi connectivity index (χ0) is 11.5. The molecule has 0 atom stereocenters. The van der Waals surface area contributed by atoms with Crippen molar-refractivity contribution in [1.29, 1.82) is 0 Å². The number of nitrogens with one attached hydrogen (secondary N) is 1. The first-order valence-electron chi connectivity index (χ1n) is 4.69. The minimum absolute atomic E-state index is 0.0927.